The van der Waals surface area contributed by atoms with Gasteiger partial charge in [-0.2, -0.15) is 0 Å². The van der Waals surface area contributed by atoms with Gasteiger partial charge in [0.25, 0.3) is 0 Å². The molecule has 2 atom stereocenters. The van der Waals surface area contributed by atoms with E-state index < -0.39 is 11.9 Å². The van der Waals surface area contributed by atoms with Crippen LogP contribution in [0, 0.1) is 26.7 Å². The van der Waals surface area contributed by atoms with Gasteiger partial charge in [-0.3, -0.25) is 14.8 Å². The number of hydrogen-bond donors (Lipinski definition) is 3. The van der Waals surface area contributed by atoms with E-state index in [9.17, 15) is 14.4 Å². The molecule has 0 spiro atoms. The molecule has 0 aliphatic heterocycles. The van der Waals surface area contributed by atoms with Crippen molar-refractivity contribution in [1.29, 1.82) is 0 Å². The summed E-state index contributed by atoms with van der Waals surface area (Å²) in [5.41, 5.74) is 5.33. The lowest BCUT2D eigenvalue weighted by molar-refractivity contribution is -0.124. The number of nitrogens with one attached hydrogen (secondary N) is 2. The van der Waals surface area contributed by atoms with Gasteiger partial charge >= 0.3 is 6.03 Å². The fourth-order valence-electron chi connectivity index (χ4n) is 3.45. The molecule has 0 radical (unpaired) electrons. The molecule has 124 valence electrons. The van der Waals surface area contributed by atoms with Gasteiger partial charge in [-0.05, 0) is 43.9 Å². The molecule has 1 aromatic carbocycles. The summed E-state index contributed by atoms with van der Waals surface area (Å²) in [7, 11) is 0. The zero-order valence-electron chi connectivity index (χ0n) is 13.6. The molecule has 0 aromatic heterocycles. The molecule has 0 saturated heterocycles. The number of aryl methyl sites for hydroxylation is 3. The Kier molecular flexibility index (Phi) is 5.15. The molecule has 2 unspecified atom stereocenters. The minimum Gasteiger partial charge on any atom is -0.336 e. The summed E-state index contributed by atoms with van der Waals surface area (Å²) in [6.07, 6.45) is 0.594. The zero-order chi connectivity index (χ0) is 17.1. The van der Waals surface area contributed by atoms with E-state index in [4.69, 9.17) is 5.21 Å². The molecule has 1 fully saturated rings. The van der Waals surface area contributed by atoms with Crippen molar-refractivity contribution < 1.29 is 19.6 Å². The molecule has 1 aromatic rings. The lowest BCUT2D eigenvalue weighted by Gasteiger charge is -2.16. The van der Waals surface area contributed by atoms with Gasteiger partial charge in [0, 0.05) is 18.9 Å². The monoisotopic (exact) mass is 318 g/mol. The Balaban J connectivity index is 2.15. The second kappa shape index (κ2) is 6.91. The van der Waals surface area contributed by atoms with Gasteiger partial charge < -0.3 is 5.32 Å². The smallest absolute Gasteiger partial charge is 0.336 e. The van der Waals surface area contributed by atoms with Crippen LogP contribution >= 0.6 is 0 Å². The number of hydroxylamine groups is 1. The summed E-state index contributed by atoms with van der Waals surface area (Å²) in [5, 5.41) is 10.8. The number of hydrogen-bond acceptors (Lipinski definition) is 4. The van der Waals surface area contributed by atoms with Crippen LogP contribution in [-0.4, -0.2) is 29.3 Å². The number of carbonyl (C=O) groups is 3. The quantitative estimate of drug-likeness (QED) is 0.449. The lowest BCUT2D eigenvalue weighted by atomic mass is 9.86. The molecule has 1 aliphatic rings. The predicted molar refractivity (Wildman–Crippen MR) is 84.5 cm³/mol. The second-order valence-corrected chi connectivity index (χ2v) is 6.17. The van der Waals surface area contributed by atoms with Crippen LogP contribution in [0.3, 0.4) is 0 Å². The van der Waals surface area contributed by atoms with Crippen molar-refractivity contribution in [1.82, 2.24) is 10.8 Å². The number of carbonyl (C=O) groups excluding carboxylic acids is 3. The summed E-state index contributed by atoms with van der Waals surface area (Å²) in [6.45, 7) is 6.07. The first kappa shape index (κ1) is 17.1. The molecule has 6 heteroatoms. The molecule has 6 nitrogen and oxygen atoms in total. The molecule has 0 heterocycles. The SMILES string of the molecule is Cc1cc(C)c(C2C(=O)CC(CCNC(=O)NO)C2=O)c(C)c1. The summed E-state index contributed by atoms with van der Waals surface area (Å²) >= 11 is 0. The van der Waals surface area contributed by atoms with Crippen molar-refractivity contribution in [2.24, 2.45) is 5.92 Å². The van der Waals surface area contributed by atoms with E-state index >= 15 is 0 Å². The molecular weight excluding hydrogens is 296 g/mol. The van der Waals surface area contributed by atoms with Gasteiger partial charge in [0.1, 0.15) is 11.7 Å². The van der Waals surface area contributed by atoms with Crippen LogP contribution in [-0.2, 0) is 9.59 Å². The van der Waals surface area contributed by atoms with E-state index in [2.05, 4.69) is 5.32 Å². The van der Waals surface area contributed by atoms with Crippen molar-refractivity contribution in [3.05, 3.63) is 34.4 Å². The Morgan fingerprint density at radius 2 is 1.83 bits per heavy atom. The maximum atomic E-state index is 12.7. The van der Waals surface area contributed by atoms with E-state index in [1.807, 2.05) is 32.9 Å². The number of amides is 2. The van der Waals surface area contributed by atoms with Crippen LogP contribution in [0.1, 0.15) is 41.0 Å². The summed E-state index contributed by atoms with van der Waals surface area (Å²) in [5.74, 6) is -1.20. The minimum atomic E-state index is -0.719. The topological polar surface area (TPSA) is 95.5 Å². The Hall–Kier alpha value is -2.21. The van der Waals surface area contributed by atoms with Crippen LogP contribution in [0.25, 0.3) is 0 Å². The number of rotatable bonds is 4. The van der Waals surface area contributed by atoms with Gasteiger partial charge in [-0.1, -0.05) is 17.7 Å². The fourth-order valence-corrected chi connectivity index (χ4v) is 3.45. The Morgan fingerprint density at radius 3 is 2.39 bits per heavy atom. The Morgan fingerprint density at radius 1 is 1.22 bits per heavy atom. The van der Waals surface area contributed by atoms with E-state index in [0.717, 1.165) is 22.3 Å². The van der Waals surface area contributed by atoms with Crippen LogP contribution in [0.2, 0.25) is 0 Å². The van der Waals surface area contributed by atoms with Crippen LogP contribution < -0.4 is 10.8 Å². The molecule has 3 N–H and O–H groups in total. The minimum absolute atomic E-state index is 0.0540. The second-order valence-electron chi connectivity index (χ2n) is 6.17. The number of Topliss-reactive ketones (excluding diaryl/α,β-unsaturated/α-hetero) is 2. The van der Waals surface area contributed by atoms with Crippen molar-refractivity contribution in [3.63, 3.8) is 0 Å². The van der Waals surface area contributed by atoms with E-state index in [1.165, 1.54) is 5.48 Å². The van der Waals surface area contributed by atoms with E-state index in [1.54, 1.807) is 0 Å². The normalized spacial score (nSPS) is 20.7. The first-order valence-electron chi connectivity index (χ1n) is 7.67. The lowest BCUT2D eigenvalue weighted by Crippen LogP contribution is -2.34. The van der Waals surface area contributed by atoms with Crippen molar-refractivity contribution in [2.45, 2.75) is 39.5 Å². The highest BCUT2D eigenvalue weighted by molar-refractivity contribution is 6.15. The highest BCUT2D eigenvalue weighted by atomic mass is 16.5. The third-order valence-electron chi connectivity index (χ3n) is 4.36. The van der Waals surface area contributed by atoms with Gasteiger partial charge in [-0.15, -0.1) is 0 Å². The van der Waals surface area contributed by atoms with Gasteiger partial charge in [0.15, 0.2) is 5.78 Å². The van der Waals surface area contributed by atoms with E-state index in [-0.39, 0.29) is 30.4 Å². The van der Waals surface area contributed by atoms with Crippen LogP contribution in [0.4, 0.5) is 4.79 Å². The molecule has 1 saturated carbocycles. The highest BCUT2D eigenvalue weighted by Gasteiger charge is 2.42. The average Bonchev–Trinajstić information content (AvgIpc) is 2.74. The van der Waals surface area contributed by atoms with Crippen molar-refractivity contribution in [3.8, 4) is 0 Å². The fraction of sp³-hybridized carbons (Fsp3) is 0.471. The maximum Gasteiger partial charge on any atom is 0.338 e. The summed E-state index contributed by atoms with van der Waals surface area (Å²) < 4.78 is 0. The third kappa shape index (κ3) is 3.59. The molecule has 1 aliphatic carbocycles. The van der Waals surface area contributed by atoms with Crippen molar-refractivity contribution >= 4 is 17.6 Å². The van der Waals surface area contributed by atoms with Gasteiger partial charge in [0.2, 0.25) is 0 Å². The van der Waals surface area contributed by atoms with Crippen LogP contribution in [0.15, 0.2) is 12.1 Å². The Labute approximate surface area is 135 Å². The number of urea groups is 1. The number of benzene rings is 1. The molecule has 23 heavy (non-hydrogen) atoms. The van der Waals surface area contributed by atoms with Crippen LogP contribution in [0.5, 0.6) is 0 Å². The largest absolute Gasteiger partial charge is 0.338 e. The Bertz CT molecular complexity index is 631. The average molecular weight is 318 g/mol. The van der Waals surface area contributed by atoms with Gasteiger partial charge in [-0.25, -0.2) is 10.3 Å². The first-order chi connectivity index (χ1) is 10.8. The molecule has 0 bridgehead atoms. The van der Waals surface area contributed by atoms with Gasteiger partial charge in [0.05, 0.1) is 0 Å². The summed E-state index contributed by atoms with van der Waals surface area (Å²) in [6, 6.07) is 3.26. The third-order valence-corrected chi connectivity index (χ3v) is 4.36. The predicted octanol–water partition coefficient (Wildman–Crippen LogP) is 1.93. The maximum absolute atomic E-state index is 12.7. The van der Waals surface area contributed by atoms with Crippen molar-refractivity contribution in [2.75, 3.05) is 6.54 Å². The highest BCUT2D eigenvalue weighted by Crippen LogP contribution is 2.37. The molecule has 2 amide bonds. The summed E-state index contributed by atoms with van der Waals surface area (Å²) in [4.78, 5) is 35.9. The van der Waals surface area contributed by atoms with E-state index in [0.29, 0.717) is 6.42 Å². The standard InChI is InChI=1S/C17H22N2O4/c1-9-6-10(2)14(11(3)7-9)15-13(20)8-12(16(15)21)4-5-18-17(22)19-23/h6-7,12,15,23H,4-5,8H2,1-3H3,(H2,18,19,22). The zero-order valence-corrected chi connectivity index (χ0v) is 13.6. The number of ketones is 2. The molecule has 2 rings (SSSR count). The molecular formula is C17H22N2O4. The first-order valence-corrected chi connectivity index (χ1v) is 7.67.